The Balaban J connectivity index is 2.34. The van der Waals surface area contributed by atoms with Gasteiger partial charge in [-0.05, 0) is 19.1 Å². The van der Waals surface area contributed by atoms with Gasteiger partial charge in [-0.15, -0.1) is 0 Å². The topological polar surface area (TPSA) is 67.1 Å². The van der Waals surface area contributed by atoms with E-state index in [0.29, 0.717) is 17.5 Å². The Kier molecular flexibility index (Phi) is 3.32. The maximum Gasteiger partial charge on any atom is 0.136 e. The number of hydrogen-bond donors (Lipinski definition) is 2. The van der Waals surface area contributed by atoms with E-state index in [0.717, 1.165) is 11.4 Å². The van der Waals surface area contributed by atoms with Gasteiger partial charge in [-0.3, -0.25) is 0 Å². The van der Waals surface area contributed by atoms with E-state index in [1.165, 1.54) is 0 Å². The minimum Gasteiger partial charge on any atom is -0.384 e. The fourth-order valence-corrected chi connectivity index (χ4v) is 1.76. The first kappa shape index (κ1) is 12.2. The normalized spacial score (nSPS) is 10.2. The van der Waals surface area contributed by atoms with Crippen molar-refractivity contribution in [2.75, 3.05) is 30.0 Å². The Morgan fingerprint density at radius 3 is 2.56 bits per heavy atom. The molecule has 0 aliphatic rings. The number of nitrogen functional groups attached to an aromatic ring is 1. The number of hydrogen-bond acceptors (Lipinski definition) is 5. The van der Waals surface area contributed by atoms with Crippen molar-refractivity contribution in [3.05, 3.63) is 36.2 Å². The summed E-state index contributed by atoms with van der Waals surface area (Å²) in [5, 5.41) is 3.26. The lowest BCUT2D eigenvalue weighted by molar-refractivity contribution is 1.06. The minimum atomic E-state index is 0.465. The summed E-state index contributed by atoms with van der Waals surface area (Å²) in [5.41, 5.74) is 7.79. The highest BCUT2D eigenvalue weighted by atomic mass is 15.1. The molecule has 0 amide bonds. The van der Waals surface area contributed by atoms with Crippen LogP contribution in [0.3, 0.4) is 0 Å². The number of aryl methyl sites for hydroxylation is 1. The van der Waals surface area contributed by atoms with Crippen LogP contribution >= 0.6 is 0 Å². The van der Waals surface area contributed by atoms with Crippen LogP contribution in [0.25, 0.3) is 0 Å². The first-order chi connectivity index (χ1) is 8.56. The summed E-state index contributed by atoms with van der Waals surface area (Å²) in [6.45, 7) is 1.82. The molecule has 3 N–H and O–H groups in total. The summed E-state index contributed by atoms with van der Waals surface area (Å²) in [6, 6.07) is 9.75. The predicted octanol–water partition coefficient (Wildman–Crippen LogP) is 2.18. The highest BCUT2D eigenvalue weighted by Gasteiger charge is 2.05. The Hall–Kier alpha value is -2.30. The van der Waals surface area contributed by atoms with Gasteiger partial charge >= 0.3 is 0 Å². The Bertz CT molecular complexity index is 531. The van der Waals surface area contributed by atoms with Gasteiger partial charge in [-0.1, -0.05) is 12.1 Å². The molecular weight excluding hydrogens is 226 g/mol. The van der Waals surface area contributed by atoms with Gasteiger partial charge in [0.05, 0.1) is 11.4 Å². The van der Waals surface area contributed by atoms with Gasteiger partial charge in [0, 0.05) is 20.2 Å². The maximum absolute atomic E-state index is 5.71. The fourth-order valence-electron chi connectivity index (χ4n) is 1.76. The molecule has 0 saturated heterocycles. The Morgan fingerprint density at radius 1 is 1.17 bits per heavy atom. The third-order valence-corrected chi connectivity index (χ3v) is 2.51. The summed E-state index contributed by atoms with van der Waals surface area (Å²) < 4.78 is 0. The fraction of sp³-hybridized carbons (Fsp3) is 0.231. The van der Waals surface area contributed by atoms with E-state index in [9.17, 15) is 0 Å². The molecule has 18 heavy (non-hydrogen) atoms. The van der Waals surface area contributed by atoms with Gasteiger partial charge in [0.1, 0.15) is 17.5 Å². The first-order valence-electron chi connectivity index (χ1n) is 5.71. The van der Waals surface area contributed by atoms with Crippen LogP contribution in [0.15, 0.2) is 30.3 Å². The number of nitrogens with two attached hydrogens (primary N) is 1. The van der Waals surface area contributed by atoms with E-state index in [4.69, 9.17) is 5.73 Å². The van der Waals surface area contributed by atoms with Crippen molar-refractivity contribution in [3.63, 3.8) is 0 Å². The van der Waals surface area contributed by atoms with Crippen molar-refractivity contribution < 1.29 is 0 Å². The molecule has 0 atom stereocenters. The van der Waals surface area contributed by atoms with Crippen molar-refractivity contribution >= 4 is 23.0 Å². The Labute approximate surface area is 107 Å². The summed E-state index contributed by atoms with van der Waals surface area (Å²) in [7, 11) is 4.00. The standard InChI is InChI=1S/C13H17N5/c1-9-15-12(14)8-13(16-9)17-10-6-4-5-7-11(10)18(2)3/h4-8H,1-3H3,(H3,14,15,16,17). The molecule has 0 aliphatic carbocycles. The van der Waals surface area contributed by atoms with Crippen LogP contribution in [0.2, 0.25) is 0 Å². The Morgan fingerprint density at radius 2 is 1.89 bits per heavy atom. The molecule has 0 unspecified atom stereocenters. The summed E-state index contributed by atoms with van der Waals surface area (Å²) in [4.78, 5) is 10.4. The third kappa shape index (κ3) is 2.68. The molecule has 5 nitrogen and oxygen atoms in total. The number of nitrogens with zero attached hydrogens (tertiary/aromatic N) is 3. The SMILES string of the molecule is Cc1nc(N)cc(Nc2ccccc2N(C)C)n1. The lowest BCUT2D eigenvalue weighted by atomic mass is 10.2. The predicted molar refractivity (Wildman–Crippen MR) is 75.2 cm³/mol. The third-order valence-electron chi connectivity index (χ3n) is 2.51. The number of anilines is 4. The van der Waals surface area contributed by atoms with Crippen LogP contribution in [-0.2, 0) is 0 Å². The van der Waals surface area contributed by atoms with Crippen molar-refractivity contribution in [3.8, 4) is 0 Å². The zero-order chi connectivity index (χ0) is 13.1. The van der Waals surface area contributed by atoms with Crippen molar-refractivity contribution in [2.24, 2.45) is 0 Å². The summed E-state index contributed by atoms with van der Waals surface area (Å²) >= 11 is 0. The molecule has 2 aromatic rings. The number of rotatable bonds is 3. The zero-order valence-corrected chi connectivity index (χ0v) is 10.8. The molecule has 0 spiro atoms. The minimum absolute atomic E-state index is 0.465. The second kappa shape index (κ2) is 4.91. The molecule has 1 aromatic heterocycles. The molecule has 0 bridgehead atoms. The number of para-hydroxylation sites is 2. The van der Waals surface area contributed by atoms with Gasteiger partial charge in [-0.2, -0.15) is 0 Å². The molecule has 0 saturated carbocycles. The van der Waals surface area contributed by atoms with E-state index < -0.39 is 0 Å². The van der Waals surface area contributed by atoms with Crippen molar-refractivity contribution in [2.45, 2.75) is 6.92 Å². The van der Waals surface area contributed by atoms with Gasteiger partial charge in [0.2, 0.25) is 0 Å². The highest BCUT2D eigenvalue weighted by Crippen LogP contribution is 2.26. The van der Waals surface area contributed by atoms with E-state index in [2.05, 4.69) is 15.3 Å². The van der Waals surface area contributed by atoms with Crippen LogP contribution in [0, 0.1) is 6.92 Å². The zero-order valence-electron chi connectivity index (χ0n) is 10.8. The van der Waals surface area contributed by atoms with Crippen LogP contribution in [0.4, 0.5) is 23.0 Å². The highest BCUT2D eigenvalue weighted by molar-refractivity contribution is 5.74. The molecule has 2 rings (SSSR count). The van der Waals surface area contributed by atoms with Crippen molar-refractivity contribution in [1.29, 1.82) is 0 Å². The van der Waals surface area contributed by atoms with Gasteiger partial charge in [0.15, 0.2) is 0 Å². The van der Waals surface area contributed by atoms with E-state index in [-0.39, 0.29) is 0 Å². The average Bonchev–Trinajstić information content (AvgIpc) is 2.27. The molecule has 0 aliphatic heterocycles. The number of benzene rings is 1. The second-order valence-electron chi connectivity index (χ2n) is 4.26. The molecule has 0 radical (unpaired) electrons. The summed E-state index contributed by atoms with van der Waals surface area (Å²) in [6.07, 6.45) is 0. The van der Waals surface area contributed by atoms with E-state index in [1.54, 1.807) is 6.07 Å². The van der Waals surface area contributed by atoms with E-state index in [1.807, 2.05) is 50.2 Å². The lowest BCUT2D eigenvalue weighted by Gasteiger charge is -2.18. The quantitative estimate of drug-likeness (QED) is 0.864. The number of aromatic nitrogens is 2. The van der Waals surface area contributed by atoms with Crippen LogP contribution in [0.1, 0.15) is 5.82 Å². The molecule has 5 heteroatoms. The van der Waals surface area contributed by atoms with Gasteiger partial charge in [-0.25, -0.2) is 9.97 Å². The molecular formula is C13H17N5. The maximum atomic E-state index is 5.71. The van der Waals surface area contributed by atoms with Crippen LogP contribution < -0.4 is 16.0 Å². The average molecular weight is 243 g/mol. The summed E-state index contributed by atoms with van der Waals surface area (Å²) in [5.74, 6) is 1.82. The second-order valence-corrected chi connectivity index (χ2v) is 4.26. The molecule has 1 heterocycles. The van der Waals surface area contributed by atoms with Crippen LogP contribution in [0.5, 0.6) is 0 Å². The number of nitrogens with one attached hydrogen (secondary N) is 1. The van der Waals surface area contributed by atoms with Gasteiger partial charge < -0.3 is 16.0 Å². The first-order valence-corrected chi connectivity index (χ1v) is 5.71. The monoisotopic (exact) mass is 243 g/mol. The lowest BCUT2D eigenvalue weighted by Crippen LogP contribution is -2.11. The molecule has 0 fully saturated rings. The molecule has 94 valence electrons. The van der Waals surface area contributed by atoms with Crippen molar-refractivity contribution in [1.82, 2.24) is 9.97 Å². The van der Waals surface area contributed by atoms with Gasteiger partial charge in [0.25, 0.3) is 0 Å². The van der Waals surface area contributed by atoms with Crippen LogP contribution in [-0.4, -0.2) is 24.1 Å². The van der Waals surface area contributed by atoms with E-state index >= 15 is 0 Å². The smallest absolute Gasteiger partial charge is 0.136 e. The largest absolute Gasteiger partial charge is 0.384 e. The molecule has 1 aromatic carbocycles.